The molecule has 7 nitrogen and oxygen atoms in total. The molecule has 0 aliphatic heterocycles. The predicted molar refractivity (Wildman–Crippen MR) is 129 cm³/mol. The number of anilines is 1. The number of aliphatic carboxylic acids is 1. The minimum Gasteiger partial charge on any atom is -0.481 e. The molecular weight excluding hydrogens is 432 g/mol. The number of hydrogen-bond donors (Lipinski definition) is 3. The van der Waals surface area contributed by atoms with Gasteiger partial charge in [0.2, 0.25) is 5.91 Å². The fourth-order valence-corrected chi connectivity index (χ4v) is 4.19. The summed E-state index contributed by atoms with van der Waals surface area (Å²) in [5.41, 5.74) is 5.53. The molecule has 0 saturated heterocycles. The van der Waals surface area contributed by atoms with Gasteiger partial charge in [0.25, 0.3) is 0 Å². The van der Waals surface area contributed by atoms with Crippen molar-refractivity contribution < 1.29 is 24.2 Å². The molecule has 7 heteroatoms. The summed E-state index contributed by atoms with van der Waals surface area (Å²) in [7, 11) is 0. The third-order valence-corrected chi connectivity index (χ3v) is 5.96. The van der Waals surface area contributed by atoms with Gasteiger partial charge in [-0.2, -0.15) is 0 Å². The summed E-state index contributed by atoms with van der Waals surface area (Å²) in [4.78, 5) is 35.9. The number of fused-ring (bicyclic) bond motifs is 3. The number of carboxylic acid groups (broad SMARTS) is 1. The monoisotopic (exact) mass is 458 g/mol. The van der Waals surface area contributed by atoms with Crippen molar-refractivity contribution in [1.29, 1.82) is 0 Å². The van der Waals surface area contributed by atoms with Crippen molar-refractivity contribution in [1.82, 2.24) is 5.32 Å². The Labute approximate surface area is 197 Å². The number of carbonyl (C=O) groups excluding carboxylic acids is 2. The van der Waals surface area contributed by atoms with E-state index in [0.717, 1.165) is 22.3 Å². The van der Waals surface area contributed by atoms with Gasteiger partial charge in [-0.15, -0.1) is 0 Å². The normalized spacial score (nSPS) is 12.9. The number of hydrogen-bond acceptors (Lipinski definition) is 4. The lowest BCUT2D eigenvalue weighted by Crippen LogP contribution is -2.35. The highest BCUT2D eigenvalue weighted by atomic mass is 16.5. The molecule has 3 aromatic rings. The van der Waals surface area contributed by atoms with Crippen LogP contribution in [0.5, 0.6) is 0 Å². The molecular formula is C27H26N2O5. The van der Waals surface area contributed by atoms with E-state index in [2.05, 4.69) is 34.9 Å². The van der Waals surface area contributed by atoms with Crippen LogP contribution >= 0.6 is 0 Å². The molecule has 3 N–H and O–H groups in total. The van der Waals surface area contributed by atoms with Crippen LogP contribution < -0.4 is 10.6 Å². The summed E-state index contributed by atoms with van der Waals surface area (Å²) in [5, 5.41) is 14.4. The van der Waals surface area contributed by atoms with Gasteiger partial charge < -0.3 is 20.5 Å². The van der Waals surface area contributed by atoms with E-state index < -0.39 is 18.0 Å². The molecule has 0 heterocycles. The van der Waals surface area contributed by atoms with Crippen LogP contribution in [0.15, 0.2) is 72.8 Å². The van der Waals surface area contributed by atoms with Gasteiger partial charge in [-0.3, -0.25) is 9.59 Å². The molecule has 1 aliphatic carbocycles. The van der Waals surface area contributed by atoms with Gasteiger partial charge in [0.05, 0.1) is 12.3 Å². The average Bonchev–Trinajstić information content (AvgIpc) is 3.16. The largest absolute Gasteiger partial charge is 0.481 e. The summed E-state index contributed by atoms with van der Waals surface area (Å²) in [5.74, 6) is -1.88. The van der Waals surface area contributed by atoms with E-state index in [1.54, 1.807) is 31.2 Å². The SMILES string of the molecule is CC(CNC(=O)OCC1c2ccccc2-c2ccccc21)C(=O)Nc1ccccc1CC(=O)O. The lowest BCUT2D eigenvalue weighted by molar-refractivity contribution is -0.136. The second kappa shape index (κ2) is 10.2. The highest BCUT2D eigenvalue weighted by molar-refractivity contribution is 5.94. The number of benzene rings is 3. The number of nitrogens with one attached hydrogen (secondary N) is 2. The minimum atomic E-state index is -0.980. The number of amides is 2. The van der Waals surface area contributed by atoms with Crippen molar-refractivity contribution in [2.45, 2.75) is 19.3 Å². The van der Waals surface area contributed by atoms with Gasteiger partial charge in [0, 0.05) is 18.2 Å². The molecule has 4 rings (SSSR count). The van der Waals surface area contributed by atoms with E-state index in [-0.39, 0.29) is 31.4 Å². The molecule has 1 atom stereocenters. The predicted octanol–water partition coefficient (Wildman–Crippen LogP) is 4.43. The van der Waals surface area contributed by atoms with E-state index in [1.807, 2.05) is 24.3 Å². The lowest BCUT2D eigenvalue weighted by atomic mass is 9.98. The van der Waals surface area contributed by atoms with Crippen molar-refractivity contribution in [2.24, 2.45) is 5.92 Å². The van der Waals surface area contributed by atoms with Crippen molar-refractivity contribution in [3.8, 4) is 11.1 Å². The Balaban J connectivity index is 1.30. The highest BCUT2D eigenvalue weighted by Crippen LogP contribution is 2.44. The molecule has 3 aromatic carbocycles. The third-order valence-electron chi connectivity index (χ3n) is 5.96. The van der Waals surface area contributed by atoms with Crippen LogP contribution in [0.3, 0.4) is 0 Å². The number of rotatable bonds is 8. The maximum Gasteiger partial charge on any atom is 0.407 e. The Morgan fingerprint density at radius 1 is 0.912 bits per heavy atom. The van der Waals surface area contributed by atoms with E-state index in [9.17, 15) is 14.4 Å². The van der Waals surface area contributed by atoms with Gasteiger partial charge in [0.15, 0.2) is 0 Å². The fourth-order valence-electron chi connectivity index (χ4n) is 4.19. The third kappa shape index (κ3) is 5.09. The van der Waals surface area contributed by atoms with E-state index >= 15 is 0 Å². The van der Waals surface area contributed by atoms with Gasteiger partial charge >= 0.3 is 12.1 Å². The number of para-hydroxylation sites is 1. The molecule has 0 spiro atoms. The lowest BCUT2D eigenvalue weighted by Gasteiger charge is -2.17. The Bertz CT molecular complexity index is 1180. The quantitative estimate of drug-likeness (QED) is 0.463. The fraction of sp³-hybridized carbons (Fsp3) is 0.222. The van der Waals surface area contributed by atoms with Crippen LogP contribution in [-0.4, -0.2) is 36.2 Å². The van der Waals surface area contributed by atoms with Crippen molar-refractivity contribution in [3.63, 3.8) is 0 Å². The van der Waals surface area contributed by atoms with Gasteiger partial charge in [-0.25, -0.2) is 4.79 Å². The summed E-state index contributed by atoms with van der Waals surface area (Å²) < 4.78 is 5.50. The van der Waals surface area contributed by atoms with Crippen molar-refractivity contribution >= 4 is 23.7 Å². The summed E-state index contributed by atoms with van der Waals surface area (Å²) >= 11 is 0. The first-order valence-electron chi connectivity index (χ1n) is 11.1. The molecule has 0 bridgehead atoms. The Morgan fingerprint density at radius 3 is 2.15 bits per heavy atom. The first-order valence-corrected chi connectivity index (χ1v) is 11.1. The van der Waals surface area contributed by atoms with Crippen LogP contribution in [-0.2, 0) is 20.7 Å². The van der Waals surface area contributed by atoms with Crippen LogP contribution in [0, 0.1) is 5.92 Å². The molecule has 1 aliphatic rings. The maximum absolute atomic E-state index is 12.6. The molecule has 0 radical (unpaired) electrons. The summed E-state index contributed by atoms with van der Waals surface area (Å²) in [6.45, 7) is 1.96. The van der Waals surface area contributed by atoms with Gasteiger partial charge in [0.1, 0.15) is 6.61 Å². The smallest absolute Gasteiger partial charge is 0.407 e. The zero-order valence-corrected chi connectivity index (χ0v) is 18.8. The summed E-state index contributed by atoms with van der Waals surface area (Å²) in [6, 6.07) is 23.0. The Morgan fingerprint density at radius 2 is 1.50 bits per heavy atom. The topological polar surface area (TPSA) is 105 Å². The first kappa shape index (κ1) is 23.0. The summed E-state index contributed by atoms with van der Waals surface area (Å²) in [6.07, 6.45) is -0.782. The van der Waals surface area contributed by atoms with Crippen LogP contribution in [0.1, 0.15) is 29.5 Å². The van der Waals surface area contributed by atoms with E-state index in [4.69, 9.17) is 9.84 Å². The molecule has 1 unspecified atom stereocenters. The molecule has 0 saturated carbocycles. The average molecular weight is 459 g/mol. The molecule has 0 fully saturated rings. The zero-order chi connectivity index (χ0) is 24.1. The van der Waals surface area contributed by atoms with E-state index in [1.165, 1.54) is 0 Å². The second-order valence-electron chi connectivity index (χ2n) is 8.32. The van der Waals surface area contributed by atoms with Crippen LogP contribution in [0.25, 0.3) is 11.1 Å². The van der Waals surface area contributed by atoms with Crippen molar-refractivity contribution in [2.75, 3.05) is 18.5 Å². The number of carbonyl (C=O) groups is 3. The molecule has 34 heavy (non-hydrogen) atoms. The Kier molecular flexibility index (Phi) is 6.92. The van der Waals surface area contributed by atoms with Crippen LogP contribution in [0.4, 0.5) is 10.5 Å². The maximum atomic E-state index is 12.6. The first-order chi connectivity index (χ1) is 16.4. The molecule has 0 aromatic heterocycles. The minimum absolute atomic E-state index is 0.0374. The number of ether oxygens (including phenoxy) is 1. The highest BCUT2D eigenvalue weighted by Gasteiger charge is 2.29. The second-order valence-corrected chi connectivity index (χ2v) is 8.32. The molecule has 174 valence electrons. The van der Waals surface area contributed by atoms with Crippen molar-refractivity contribution in [3.05, 3.63) is 89.5 Å². The molecule has 2 amide bonds. The van der Waals surface area contributed by atoms with Gasteiger partial charge in [-0.05, 0) is 33.9 Å². The standard InChI is InChI=1S/C27H26N2O5/c1-17(26(32)29-24-13-7-2-8-18(24)14-25(30)31)15-28-27(33)34-16-23-21-11-5-3-9-19(21)20-10-4-6-12-22(20)23/h2-13,17,23H,14-16H2,1H3,(H,28,33)(H,29,32)(H,30,31). The number of carboxylic acids is 1. The van der Waals surface area contributed by atoms with Gasteiger partial charge in [-0.1, -0.05) is 73.7 Å². The van der Waals surface area contributed by atoms with E-state index in [0.29, 0.717) is 11.3 Å². The zero-order valence-electron chi connectivity index (χ0n) is 18.8. The Hall–Kier alpha value is -4.13. The van der Waals surface area contributed by atoms with Crippen LogP contribution in [0.2, 0.25) is 0 Å². The number of alkyl carbamates (subject to hydrolysis) is 1.